The van der Waals surface area contributed by atoms with E-state index in [1.54, 1.807) is 49.6 Å². The van der Waals surface area contributed by atoms with Crippen molar-refractivity contribution in [2.24, 2.45) is 0 Å². The first kappa shape index (κ1) is 22.5. The van der Waals surface area contributed by atoms with E-state index in [2.05, 4.69) is 4.90 Å². The Morgan fingerprint density at radius 2 is 1.52 bits per heavy atom. The highest BCUT2D eigenvalue weighted by Gasteiger charge is 2.22. The molecule has 3 aromatic carbocycles. The van der Waals surface area contributed by atoms with Crippen molar-refractivity contribution in [3.05, 3.63) is 95.6 Å². The summed E-state index contributed by atoms with van der Waals surface area (Å²) < 4.78 is 11.8. The lowest BCUT2D eigenvalue weighted by Crippen LogP contribution is -2.19. The summed E-state index contributed by atoms with van der Waals surface area (Å²) in [4.78, 5) is 14.9. The van der Waals surface area contributed by atoms with Crippen LogP contribution in [-0.2, 0) is 0 Å². The van der Waals surface area contributed by atoms with Crippen LogP contribution in [0.15, 0.2) is 78.9 Å². The molecule has 0 spiro atoms. The van der Waals surface area contributed by atoms with Crippen LogP contribution in [0.2, 0.25) is 0 Å². The van der Waals surface area contributed by atoms with Crippen LogP contribution in [0.4, 0.5) is 0 Å². The van der Waals surface area contributed by atoms with Crippen LogP contribution < -0.4 is 9.47 Å². The van der Waals surface area contributed by atoms with Gasteiger partial charge in [-0.25, -0.2) is 0 Å². The molecule has 0 heterocycles. The smallest absolute Gasteiger partial charge is 0.195 e. The van der Waals surface area contributed by atoms with Gasteiger partial charge in [-0.3, -0.25) is 4.79 Å². The molecule has 5 heteroatoms. The number of nitrogens with zero attached hydrogens (tertiary/aromatic N) is 1. The molecule has 2 atom stereocenters. The average Bonchev–Trinajstić information content (AvgIpc) is 2.81. The molecule has 0 aliphatic heterocycles. The number of benzene rings is 3. The maximum atomic E-state index is 12.8. The van der Waals surface area contributed by atoms with Gasteiger partial charge in [0.15, 0.2) is 17.3 Å². The Morgan fingerprint density at radius 1 is 0.903 bits per heavy atom. The fourth-order valence-electron chi connectivity index (χ4n) is 3.35. The Hall–Kier alpha value is -3.15. The molecule has 1 unspecified atom stereocenters. The van der Waals surface area contributed by atoms with E-state index in [1.807, 2.05) is 50.5 Å². The SMILES string of the molecule is COc1cc(C(=O)[C@H](O)c2ccccc2)ccc1OC(CCN(C)C)c1ccccc1. The molecule has 0 saturated carbocycles. The largest absolute Gasteiger partial charge is 0.493 e. The van der Waals surface area contributed by atoms with Crippen molar-refractivity contribution in [3.8, 4) is 11.5 Å². The van der Waals surface area contributed by atoms with E-state index < -0.39 is 6.10 Å². The molecule has 0 radical (unpaired) electrons. The maximum absolute atomic E-state index is 12.8. The second-order valence-electron chi connectivity index (χ2n) is 7.65. The Kier molecular flexibility index (Phi) is 7.82. The van der Waals surface area contributed by atoms with Crippen LogP contribution in [0.25, 0.3) is 0 Å². The van der Waals surface area contributed by atoms with Crippen molar-refractivity contribution in [3.63, 3.8) is 0 Å². The van der Waals surface area contributed by atoms with Gasteiger partial charge in [-0.1, -0.05) is 60.7 Å². The number of ketones is 1. The summed E-state index contributed by atoms with van der Waals surface area (Å²) in [6.07, 6.45) is -0.586. The van der Waals surface area contributed by atoms with E-state index in [1.165, 1.54) is 0 Å². The first-order valence-electron chi connectivity index (χ1n) is 10.3. The molecule has 0 saturated heterocycles. The van der Waals surface area contributed by atoms with Gasteiger partial charge in [0.25, 0.3) is 0 Å². The van der Waals surface area contributed by atoms with Gasteiger partial charge in [-0.2, -0.15) is 0 Å². The summed E-state index contributed by atoms with van der Waals surface area (Å²) in [5.74, 6) is 0.626. The normalized spacial score (nSPS) is 12.9. The molecular formula is C26H29NO4. The molecular weight excluding hydrogens is 390 g/mol. The van der Waals surface area contributed by atoms with E-state index in [4.69, 9.17) is 9.47 Å². The minimum absolute atomic E-state index is 0.158. The molecule has 31 heavy (non-hydrogen) atoms. The number of carbonyl (C=O) groups is 1. The van der Waals surface area contributed by atoms with Gasteiger partial charge >= 0.3 is 0 Å². The number of carbonyl (C=O) groups excluding carboxylic acids is 1. The second kappa shape index (κ2) is 10.8. The zero-order valence-corrected chi connectivity index (χ0v) is 18.2. The van der Waals surface area contributed by atoms with Crippen LogP contribution >= 0.6 is 0 Å². The quantitative estimate of drug-likeness (QED) is 0.484. The summed E-state index contributed by atoms with van der Waals surface area (Å²) in [7, 11) is 5.60. The van der Waals surface area contributed by atoms with Crippen molar-refractivity contribution < 1.29 is 19.4 Å². The summed E-state index contributed by atoms with van der Waals surface area (Å²) in [5, 5.41) is 10.5. The molecule has 0 aliphatic carbocycles. The van der Waals surface area contributed by atoms with Gasteiger partial charge in [-0.05, 0) is 43.4 Å². The number of Topliss-reactive ketones (excluding diaryl/α,β-unsaturated/α-hetero) is 1. The summed E-state index contributed by atoms with van der Waals surface area (Å²) in [5.41, 5.74) is 2.00. The standard InChI is InChI=1S/C26H29NO4/c1-27(2)17-16-22(19-10-6-4-7-11-19)31-23-15-14-21(18-24(23)30-3)26(29)25(28)20-12-8-5-9-13-20/h4-15,18,22,25,28H,16-17H2,1-3H3/t22?,25-/m1/s1. The minimum atomic E-state index is -1.23. The third-order valence-corrected chi connectivity index (χ3v) is 5.09. The molecule has 3 rings (SSSR count). The predicted molar refractivity (Wildman–Crippen MR) is 122 cm³/mol. The highest BCUT2D eigenvalue weighted by molar-refractivity contribution is 6.00. The Bertz CT molecular complexity index is 973. The van der Waals surface area contributed by atoms with Crippen molar-refractivity contribution in [1.82, 2.24) is 4.90 Å². The van der Waals surface area contributed by atoms with Gasteiger partial charge < -0.3 is 19.5 Å². The van der Waals surface area contributed by atoms with Crippen LogP contribution in [-0.4, -0.2) is 43.5 Å². The van der Waals surface area contributed by atoms with Gasteiger partial charge in [0.1, 0.15) is 12.2 Å². The van der Waals surface area contributed by atoms with E-state index >= 15 is 0 Å². The first-order chi connectivity index (χ1) is 15.0. The van der Waals surface area contributed by atoms with Crippen molar-refractivity contribution in [1.29, 1.82) is 0 Å². The predicted octanol–water partition coefficient (Wildman–Crippen LogP) is 4.68. The summed E-state index contributed by atoms with van der Waals surface area (Å²) >= 11 is 0. The lowest BCUT2D eigenvalue weighted by Gasteiger charge is -2.23. The molecule has 0 aromatic heterocycles. The molecule has 162 valence electrons. The van der Waals surface area contributed by atoms with Crippen LogP contribution in [0.1, 0.15) is 40.1 Å². The number of rotatable bonds is 10. The zero-order valence-electron chi connectivity index (χ0n) is 18.2. The molecule has 0 bridgehead atoms. The highest BCUT2D eigenvalue weighted by Crippen LogP contribution is 2.34. The minimum Gasteiger partial charge on any atom is -0.493 e. The van der Waals surface area contributed by atoms with E-state index in [0.29, 0.717) is 22.6 Å². The van der Waals surface area contributed by atoms with E-state index in [9.17, 15) is 9.90 Å². The van der Waals surface area contributed by atoms with Gasteiger partial charge in [0.05, 0.1) is 7.11 Å². The number of aliphatic hydroxyl groups is 1. The Balaban J connectivity index is 1.83. The maximum Gasteiger partial charge on any atom is 0.195 e. The van der Waals surface area contributed by atoms with Crippen molar-refractivity contribution >= 4 is 5.78 Å². The topological polar surface area (TPSA) is 59.0 Å². The number of hydrogen-bond donors (Lipinski definition) is 1. The number of ether oxygens (including phenoxy) is 2. The van der Waals surface area contributed by atoms with Crippen LogP contribution in [0.5, 0.6) is 11.5 Å². The molecule has 0 amide bonds. The van der Waals surface area contributed by atoms with Crippen molar-refractivity contribution in [2.75, 3.05) is 27.7 Å². The third-order valence-electron chi connectivity index (χ3n) is 5.09. The lowest BCUT2D eigenvalue weighted by molar-refractivity contribution is 0.0747. The van der Waals surface area contributed by atoms with Crippen molar-refractivity contribution in [2.45, 2.75) is 18.6 Å². The third kappa shape index (κ3) is 5.94. The monoisotopic (exact) mass is 419 g/mol. The molecule has 0 fully saturated rings. The average molecular weight is 420 g/mol. The Morgan fingerprint density at radius 3 is 2.10 bits per heavy atom. The summed E-state index contributed by atoms with van der Waals surface area (Å²) in [6, 6.07) is 24.0. The summed E-state index contributed by atoms with van der Waals surface area (Å²) in [6.45, 7) is 0.863. The van der Waals surface area contributed by atoms with Gasteiger partial charge in [0.2, 0.25) is 0 Å². The fourth-order valence-corrected chi connectivity index (χ4v) is 3.35. The molecule has 3 aromatic rings. The van der Waals surface area contributed by atoms with E-state index in [0.717, 1.165) is 18.5 Å². The second-order valence-corrected chi connectivity index (χ2v) is 7.65. The number of hydrogen-bond acceptors (Lipinski definition) is 5. The number of methoxy groups -OCH3 is 1. The molecule has 1 N–H and O–H groups in total. The molecule has 0 aliphatic rings. The Labute approximate surface area is 183 Å². The first-order valence-corrected chi connectivity index (χ1v) is 10.3. The highest BCUT2D eigenvalue weighted by atomic mass is 16.5. The fraction of sp³-hybridized carbons (Fsp3) is 0.269. The van der Waals surface area contributed by atoms with Crippen LogP contribution in [0, 0.1) is 0 Å². The van der Waals surface area contributed by atoms with Crippen LogP contribution in [0.3, 0.4) is 0 Å². The van der Waals surface area contributed by atoms with E-state index in [-0.39, 0.29) is 11.9 Å². The van der Waals surface area contributed by atoms with Gasteiger partial charge in [0, 0.05) is 18.5 Å². The number of aliphatic hydroxyl groups excluding tert-OH is 1. The molecule has 5 nitrogen and oxygen atoms in total. The van der Waals surface area contributed by atoms with Gasteiger partial charge in [-0.15, -0.1) is 0 Å². The zero-order chi connectivity index (χ0) is 22.2. The lowest BCUT2D eigenvalue weighted by atomic mass is 9.99.